The quantitative estimate of drug-likeness (QED) is 0.198. The molecular weight excluding hydrogens is 569 g/mol. The average molecular weight is 587 g/mol. The number of nitriles is 1. The van der Waals surface area contributed by atoms with E-state index in [2.05, 4.69) is 11.4 Å². The second-order valence-corrected chi connectivity index (χ2v) is 9.43. The topological polar surface area (TPSA) is 91.7 Å². The largest absolute Gasteiger partial charge is 0.490 e. The number of ether oxygens (including phenoxy) is 2. The van der Waals surface area contributed by atoms with E-state index in [9.17, 15) is 14.9 Å². The van der Waals surface area contributed by atoms with E-state index in [1.165, 1.54) is 12.1 Å². The van der Waals surface area contributed by atoms with Gasteiger partial charge in [-0.15, -0.1) is 0 Å². The fourth-order valence-electron chi connectivity index (χ4n) is 3.69. The summed E-state index contributed by atoms with van der Waals surface area (Å²) in [5.41, 5.74) is 1.60. The van der Waals surface area contributed by atoms with Crippen molar-refractivity contribution in [3.8, 4) is 17.6 Å². The standard InChI is InChI=1S/C27H18Cl3N3O4S/c1-2-36-22-12-15(11-20(29)24(22)37-14-17-7-4-3-6-16(17)13-31)10-18-25(34)32-27(38)33(26(18)35)21-9-5-8-19(28)23(21)30/h3-12H,2,14H2,1H3,(H,32,34,38)/b18-10+. The number of hydrogen-bond acceptors (Lipinski definition) is 6. The molecule has 38 heavy (non-hydrogen) atoms. The Labute approximate surface area is 239 Å². The lowest BCUT2D eigenvalue weighted by Gasteiger charge is -2.29. The number of nitrogens with zero attached hydrogens (tertiary/aromatic N) is 2. The average Bonchev–Trinajstić information content (AvgIpc) is 2.89. The minimum Gasteiger partial charge on any atom is -0.490 e. The lowest BCUT2D eigenvalue weighted by Crippen LogP contribution is -2.54. The van der Waals surface area contributed by atoms with E-state index in [4.69, 9.17) is 56.5 Å². The molecule has 1 N–H and O–H groups in total. The number of nitrogens with one attached hydrogen (secondary N) is 1. The first-order chi connectivity index (χ1) is 18.2. The van der Waals surface area contributed by atoms with E-state index in [1.54, 1.807) is 55.5 Å². The lowest BCUT2D eigenvalue weighted by atomic mass is 10.1. The number of hydrogen-bond donors (Lipinski definition) is 1. The van der Waals surface area contributed by atoms with Crippen molar-refractivity contribution in [3.63, 3.8) is 0 Å². The van der Waals surface area contributed by atoms with Crippen LogP contribution in [-0.4, -0.2) is 23.5 Å². The predicted molar refractivity (Wildman–Crippen MR) is 151 cm³/mol. The maximum absolute atomic E-state index is 13.4. The zero-order valence-corrected chi connectivity index (χ0v) is 22.8. The van der Waals surface area contributed by atoms with Crippen LogP contribution in [0.25, 0.3) is 6.08 Å². The highest BCUT2D eigenvalue weighted by molar-refractivity contribution is 7.80. The van der Waals surface area contributed by atoms with E-state index in [0.717, 1.165) is 4.90 Å². The van der Waals surface area contributed by atoms with Crippen molar-refractivity contribution in [3.05, 3.63) is 91.9 Å². The third-order valence-corrected chi connectivity index (χ3v) is 6.80. The molecule has 0 aromatic heterocycles. The predicted octanol–water partition coefficient (Wildman–Crippen LogP) is 6.33. The van der Waals surface area contributed by atoms with Crippen molar-refractivity contribution in [2.45, 2.75) is 13.5 Å². The molecule has 3 aromatic rings. The summed E-state index contributed by atoms with van der Waals surface area (Å²) in [6.45, 7) is 2.17. The summed E-state index contributed by atoms with van der Waals surface area (Å²) in [6.07, 6.45) is 1.37. The molecular formula is C27H18Cl3N3O4S. The highest BCUT2D eigenvalue weighted by Crippen LogP contribution is 2.39. The second kappa shape index (κ2) is 11.8. The molecule has 1 aliphatic rings. The van der Waals surface area contributed by atoms with Crippen molar-refractivity contribution in [2.24, 2.45) is 0 Å². The summed E-state index contributed by atoms with van der Waals surface area (Å²) in [4.78, 5) is 27.2. The van der Waals surface area contributed by atoms with Crippen LogP contribution in [0.15, 0.2) is 60.2 Å². The van der Waals surface area contributed by atoms with Gasteiger partial charge in [0, 0.05) is 5.56 Å². The molecule has 192 valence electrons. The Morgan fingerprint density at radius 1 is 1.05 bits per heavy atom. The van der Waals surface area contributed by atoms with Crippen molar-refractivity contribution >= 4 is 75.7 Å². The van der Waals surface area contributed by atoms with Crippen molar-refractivity contribution in [1.82, 2.24) is 5.32 Å². The molecule has 0 spiro atoms. The van der Waals surface area contributed by atoms with Gasteiger partial charge < -0.3 is 9.47 Å². The van der Waals surface area contributed by atoms with Crippen LogP contribution >= 0.6 is 47.0 Å². The van der Waals surface area contributed by atoms with Crippen LogP contribution in [-0.2, 0) is 16.2 Å². The minimum atomic E-state index is -0.689. The summed E-state index contributed by atoms with van der Waals surface area (Å²) in [7, 11) is 0. The summed E-state index contributed by atoms with van der Waals surface area (Å²) in [5, 5.41) is 12.2. The van der Waals surface area contributed by atoms with E-state index in [-0.39, 0.29) is 43.8 Å². The first-order valence-corrected chi connectivity index (χ1v) is 12.7. The fourth-order valence-corrected chi connectivity index (χ4v) is 4.62. The molecule has 1 heterocycles. The number of benzene rings is 3. The number of carbonyl (C=O) groups excluding carboxylic acids is 2. The van der Waals surface area contributed by atoms with Gasteiger partial charge in [-0.05, 0) is 61.1 Å². The molecule has 1 fully saturated rings. The first-order valence-electron chi connectivity index (χ1n) is 11.2. The molecule has 0 radical (unpaired) electrons. The zero-order chi connectivity index (χ0) is 27.4. The Bertz CT molecular complexity index is 1530. The van der Waals surface area contributed by atoms with Gasteiger partial charge in [0.25, 0.3) is 11.8 Å². The molecule has 7 nitrogen and oxygen atoms in total. The molecule has 4 rings (SSSR count). The van der Waals surface area contributed by atoms with Crippen LogP contribution in [0.2, 0.25) is 15.1 Å². The van der Waals surface area contributed by atoms with Gasteiger partial charge in [-0.2, -0.15) is 5.26 Å². The van der Waals surface area contributed by atoms with Crippen molar-refractivity contribution < 1.29 is 19.1 Å². The smallest absolute Gasteiger partial charge is 0.270 e. The molecule has 1 aliphatic heterocycles. The number of amides is 2. The van der Waals surface area contributed by atoms with E-state index < -0.39 is 11.8 Å². The zero-order valence-electron chi connectivity index (χ0n) is 19.8. The van der Waals surface area contributed by atoms with Crippen LogP contribution in [0, 0.1) is 11.3 Å². The molecule has 0 bridgehead atoms. The van der Waals surface area contributed by atoms with Gasteiger partial charge in [-0.1, -0.05) is 59.1 Å². The van der Waals surface area contributed by atoms with E-state index in [0.29, 0.717) is 29.0 Å². The van der Waals surface area contributed by atoms with Gasteiger partial charge in [0.1, 0.15) is 12.2 Å². The van der Waals surface area contributed by atoms with Crippen LogP contribution in [0.5, 0.6) is 11.5 Å². The Balaban J connectivity index is 1.69. The van der Waals surface area contributed by atoms with E-state index >= 15 is 0 Å². The van der Waals surface area contributed by atoms with Crippen LogP contribution in [0.3, 0.4) is 0 Å². The highest BCUT2D eigenvalue weighted by Gasteiger charge is 2.35. The lowest BCUT2D eigenvalue weighted by molar-refractivity contribution is -0.122. The third-order valence-electron chi connectivity index (χ3n) is 5.43. The molecule has 0 atom stereocenters. The van der Waals surface area contributed by atoms with Gasteiger partial charge in [-0.3, -0.25) is 19.8 Å². The molecule has 0 unspecified atom stereocenters. The second-order valence-electron chi connectivity index (χ2n) is 7.85. The van der Waals surface area contributed by atoms with Crippen molar-refractivity contribution in [1.29, 1.82) is 5.26 Å². The Hall–Kier alpha value is -3.61. The molecule has 11 heteroatoms. The Kier molecular flexibility index (Phi) is 8.55. The number of rotatable bonds is 7. The molecule has 3 aromatic carbocycles. The number of thiocarbonyl (C=S) groups is 1. The SMILES string of the molecule is CCOc1cc(/C=C2\C(=O)NC(=S)N(c3cccc(Cl)c3Cl)C2=O)cc(Cl)c1OCc1ccccc1C#N. The minimum absolute atomic E-state index is 0.0810. The Morgan fingerprint density at radius 2 is 1.82 bits per heavy atom. The molecule has 0 aliphatic carbocycles. The molecule has 2 amide bonds. The maximum atomic E-state index is 13.4. The summed E-state index contributed by atoms with van der Waals surface area (Å²) < 4.78 is 11.7. The van der Waals surface area contributed by atoms with Crippen LogP contribution in [0.4, 0.5) is 5.69 Å². The number of halogens is 3. The van der Waals surface area contributed by atoms with Gasteiger partial charge >= 0.3 is 0 Å². The first kappa shape index (κ1) is 27.4. The van der Waals surface area contributed by atoms with Gasteiger partial charge in [0.05, 0.1) is 39.0 Å². The number of carbonyl (C=O) groups is 2. The molecule has 1 saturated heterocycles. The number of anilines is 1. The monoisotopic (exact) mass is 585 g/mol. The highest BCUT2D eigenvalue weighted by atomic mass is 35.5. The molecule has 0 saturated carbocycles. The van der Waals surface area contributed by atoms with Gasteiger partial charge in [0.15, 0.2) is 16.6 Å². The third kappa shape index (κ3) is 5.62. The van der Waals surface area contributed by atoms with Gasteiger partial charge in [-0.25, -0.2) is 0 Å². The summed E-state index contributed by atoms with van der Waals surface area (Å²) >= 11 is 24.2. The summed E-state index contributed by atoms with van der Waals surface area (Å²) in [6, 6.07) is 17.0. The fraction of sp³-hybridized carbons (Fsp3) is 0.111. The summed E-state index contributed by atoms with van der Waals surface area (Å²) in [5.74, 6) is -0.811. The van der Waals surface area contributed by atoms with E-state index in [1.807, 2.05) is 0 Å². The van der Waals surface area contributed by atoms with Gasteiger partial charge in [0.2, 0.25) is 0 Å². The van der Waals surface area contributed by atoms with Crippen LogP contribution < -0.4 is 19.7 Å². The Morgan fingerprint density at radius 3 is 2.55 bits per heavy atom. The van der Waals surface area contributed by atoms with Crippen molar-refractivity contribution in [2.75, 3.05) is 11.5 Å². The maximum Gasteiger partial charge on any atom is 0.270 e. The van der Waals surface area contributed by atoms with Crippen LogP contribution in [0.1, 0.15) is 23.6 Å². The normalized spacial score (nSPS) is 14.3.